The fraction of sp³-hybridized carbons (Fsp3) is 0.417. The predicted molar refractivity (Wildman–Crippen MR) is 70.7 cm³/mol. The average molecular weight is 268 g/mol. The van der Waals surface area contributed by atoms with Gasteiger partial charge in [0, 0.05) is 25.0 Å². The molecule has 1 amide bonds. The summed E-state index contributed by atoms with van der Waals surface area (Å²) in [5.41, 5.74) is 1.29. The second-order valence-electron chi connectivity index (χ2n) is 4.41. The number of amides is 1. The van der Waals surface area contributed by atoms with Crippen LogP contribution in [-0.2, 0) is 14.6 Å². The van der Waals surface area contributed by atoms with Gasteiger partial charge in [-0.25, -0.2) is 8.42 Å². The first-order valence-corrected chi connectivity index (χ1v) is 7.71. The topological polar surface area (TPSA) is 66.5 Å². The van der Waals surface area contributed by atoms with E-state index in [2.05, 4.69) is 5.32 Å². The van der Waals surface area contributed by atoms with Crippen LogP contribution in [0.25, 0.3) is 0 Å². The number of nitrogens with one attached hydrogen (secondary N) is 1. The van der Waals surface area contributed by atoms with Crippen molar-refractivity contribution in [3.05, 3.63) is 18.2 Å². The lowest BCUT2D eigenvalue weighted by atomic mass is 10.2. The van der Waals surface area contributed by atoms with E-state index >= 15 is 0 Å². The van der Waals surface area contributed by atoms with Gasteiger partial charge < -0.3 is 10.2 Å². The van der Waals surface area contributed by atoms with Crippen LogP contribution < -0.4 is 10.2 Å². The van der Waals surface area contributed by atoms with Crippen LogP contribution in [0.4, 0.5) is 11.4 Å². The largest absolute Gasteiger partial charge is 0.370 e. The lowest BCUT2D eigenvalue weighted by Gasteiger charge is -2.21. The summed E-state index contributed by atoms with van der Waals surface area (Å²) in [6, 6.07) is 4.87. The molecule has 0 spiro atoms. The van der Waals surface area contributed by atoms with E-state index in [0.29, 0.717) is 22.7 Å². The number of carbonyl (C=O) groups excluding carboxylic acids is 1. The molecule has 18 heavy (non-hydrogen) atoms. The molecule has 0 aromatic heterocycles. The van der Waals surface area contributed by atoms with Crippen LogP contribution in [-0.4, -0.2) is 34.2 Å². The summed E-state index contributed by atoms with van der Waals surface area (Å²) in [6.07, 6.45) is 3.92. The van der Waals surface area contributed by atoms with Crippen LogP contribution in [0.2, 0.25) is 0 Å². The Kier molecular flexibility index (Phi) is 3.56. The molecular formula is C12H16N2O3S. The molecule has 1 fully saturated rings. The molecule has 0 bridgehead atoms. The zero-order valence-electron chi connectivity index (χ0n) is 10.2. The average Bonchev–Trinajstić information content (AvgIpc) is 2.81. The molecule has 1 N–H and O–H groups in total. The Balaban J connectivity index is 2.49. The minimum Gasteiger partial charge on any atom is -0.370 e. The van der Waals surface area contributed by atoms with E-state index in [1.165, 1.54) is 6.26 Å². The SMILES string of the molecule is CS(=O)(=O)c1ccc(NC=O)cc1N1CCCC1. The van der Waals surface area contributed by atoms with Gasteiger partial charge in [-0.05, 0) is 31.0 Å². The molecule has 1 aromatic rings. The molecule has 0 atom stereocenters. The first kappa shape index (κ1) is 12.9. The normalized spacial score (nSPS) is 15.7. The fourth-order valence-corrected chi connectivity index (χ4v) is 3.08. The highest BCUT2D eigenvalue weighted by molar-refractivity contribution is 7.90. The van der Waals surface area contributed by atoms with Crippen molar-refractivity contribution < 1.29 is 13.2 Å². The van der Waals surface area contributed by atoms with Crippen molar-refractivity contribution in [3.8, 4) is 0 Å². The van der Waals surface area contributed by atoms with Gasteiger partial charge in [-0.15, -0.1) is 0 Å². The summed E-state index contributed by atoms with van der Waals surface area (Å²) in [7, 11) is -3.26. The van der Waals surface area contributed by atoms with Crippen LogP contribution in [0.5, 0.6) is 0 Å². The van der Waals surface area contributed by atoms with Gasteiger partial charge in [0.1, 0.15) is 0 Å². The van der Waals surface area contributed by atoms with Gasteiger partial charge in [-0.3, -0.25) is 4.79 Å². The molecule has 1 heterocycles. The monoisotopic (exact) mass is 268 g/mol. The summed E-state index contributed by atoms with van der Waals surface area (Å²) in [5, 5.41) is 2.55. The second kappa shape index (κ2) is 4.97. The van der Waals surface area contributed by atoms with Gasteiger partial charge in [0.25, 0.3) is 0 Å². The van der Waals surface area contributed by atoms with Crippen molar-refractivity contribution in [2.75, 3.05) is 29.6 Å². The van der Waals surface area contributed by atoms with Crippen molar-refractivity contribution in [2.24, 2.45) is 0 Å². The number of anilines is 2. The number of hydrogen-bond acceptors (Lipinski definition) is 4. The lowest BCUT2D eigenvalue weighted by molar-refractivity contribution is -0.105. The summed E-state index contributed by atoms with van der Waals surface area (Å²) < 4.78 is 23.5. The predicted octanol–water partition coefficient (Wildman–Crippen LogP) is 1.26. The molecule has 0 radical (unpaired) electrons. The van der Waals surface area contributed by atoms with Crippen LogP contribution in [0.3, 0.4) is 0 Å². The molecule has 2 rings (SSSR count). The molecule has 5 nitrogen and oxygen atoms in total. The fourth-order valence-electron chi connectivity index (χ4n) is 2.19. The van der Waals surface area contributed by atoms with Crippen molar-refractivity contribution in [1.29, 1.82) is 0 Å². The van der Waals surface area contributed by atoms with Gasteiger partial charge in [-0.2, -0.15) is 0 Å². The third kappa shape index (κ3) is 2.64. The number of carbonyl (C=O) groups is 1. The van der Waals surface area contributed by atoms with E-state index in [1.807, 2.05) is 4.90 Å². The van der Waals surface area contributed by atoms with Gasteiger partial charge in [-0.1, -0.05) is 0 Å². The molecule has 98 valence electrons. The van der Waals surface area contributed by atoms with Gasteiger partial charge in [0.05, 0.1) is 10.6 Å². The maximum Gasteiger partial charge on any atom is 0.211 e. The molecule has 0 aliphatic carbocycles. The third-order valence-corrected chi connectivity index (χ3v) is 4.17. The number of rotatable bonds is 4. The van der Waals surface area contributed by atoms with Crippen molar-refractivity contribution in [1.82, 2.24) is 0 Å². The molecule has 1 saturated heterocycles. The van der Waals surface area contributed by atoms with Gasteiger partial charge in [0.2, 0.25) is 6.41 Å². The smallest absolute Gasteiger partial charge is 0.211 e. The summed E-state index contributed by atoms with van der Waals surface area (Å²) in [6.45, 7) is 1.71. The molecule has 1 aromatic carbocycles. The zero-order chi connectivity index (χ0) is 13.2. The summed E-state index contributed by atoms with van der Waals surface area (Å²) in [5.74, 6) is 0. The standard InChI is InChI=1S/C12H16N2O3S/c1-18(16,17)12-5-4-10(13-9-15)8-11(12)14-6-2-3-7-14/h4-5,8-9H,2-3,6-7H2,1H3,(H,13,15). The van der Waals surface area contributed by atoms with Crippen molar-refractivity contribution in [3.63, 3.8) is 0 Å². The molecule has 0 saturated carbocycles. The number of nitrogens with zero attached hydrogens (tertiary/aromatic N) is 1. The highest BCUT2D eigenvalue weighted by Crippen LogP contribution is 2.30. The van der Waals surface area contributed by atoms with Crippen molar-refractivity contribution in [2.45, 2.75) is 17.7 Å². The van der Waals surface area contributed by atoms with E-state index in [1.54, 1.807) is 18.2 Å². The van der Waals surface area contributed by atoms with E-state index in [-0.39, 0.29) is 0 Å². The molecular weight excluding hydrogens is 252 g/mol. The zero-order valence-corrected chi connectivity index (χ0v) is 11.0. The Bertz CT molecular complexity index is 548. The summed E-state index contributed by atoms with van der Waals surface area (Å²) >= 11 is 0. The highest BCUT2D eigenvalue weighted by Gasteiger charge is 2.21. The van der Waals surface area contributed by atoms with Crippen LogP contribution in [0, 0.1) is 0 Å². The number of benzene rings is 1. The maximum absolute atomic E-state index is 11.8. The third-order valence-electron chi connectivity index (χ3n) is 3.03. The quantitative estimate of drug-likeness (QED) is 0.835. The van der Waals surface area contributed by atoms with Crippen molar-refractivity contribution >= 4 is 27.6 Å². The van der Waals surface area contributed by atoms with Crippen LogP contribution in [0.15, 0.2) is 23.1 Å². The Morgan fingerprint density at radius 1 is 1.28 bits per heavy atom. The highest BCUT2D eigenvalue weighted by atomic mass is 32.2. The summed E-state index contributed by atoms with van der Waals surface area (Å²) in [4.78, 5) is 12.8. The van der Waals surface area contributed by atoms with Gasteiger partial charge >= 0.3 is 0 Å². The molecule has 1 aliphatic heterocycles. The second-order valence-corrected chi connectivity index (χ2v) is 6.40. The first-order valence-electron chi connectivity index (χ1n) is 5.81. The Morgan fingerprint density at radius 3 is 2.50 bits per heavy atom. The van der Waals surface area contributed by atoms with Crippen LogP contribution >= 0.6 is 0 Å². The molecule has 0 unspecified atom stereocenters. The van der Waals surface area contributed by atoms with Crippen LogP contribution in [0.1, 0.15) is 12.8 Å². The van der Waals surface area contributed by atoms with E-state index in [9.17, 15) is 13.2 Å². The number of sulfone groups is 1. The van der Waals surface area contributed by atoms with E-state index in [4.69, 9.17) is 0 Å². The Labute approximate surface area is 107 Å². The lowest BCUT2D eigenvalue weighted by Crippen LogP contribution is -2.20. The van der Waals surface area contributed by atoms with Gasteiger partial charge in [0.15, 0.2) is 9.84 Å². The van der Waals surface area contributed by atoms with E-state index in [0.717, 1.165) is 25.9 Å². The minimum atomic E-state index is -3.26. The Hall–Kier alpha value is -1.56. The molecule has 6 heteroatoms. The number of hydrogen-bond donors (Lipinski definition) is 1. The first-order chi connectivity index (χ1) is 8.52. The molecule has 1 aliphatic rings. The maximum atomic E-state index is 11.8. The Morgan fingerprint density at radius 2 is 1.94 bits per heavy atom. The van der Waals surface area contributed by atoms with E-state index < -0.39 is 9.84 Å². The minimum absolute atomic E-state index is 0.320.